The summed E-state index contributed by atoms with van der Waals surface area (Å²) in [6.45, 7) is 19.2. The number of methoxy groups -OCH3 is 1. The minimum absolute atomic E-state index is 0.00362. The molecule has 1 aliphatic heterocycles. The van der Waals surface area contributed by atoms with E-state index in [0.717, 1.165) is 85.9 Å². The third-order valence-corrected chi connectivity index (χ3v) is 10.7. The van der Waals surface area contributed by atoms with E-state index in [2.05, 4.69) is 30.6 Å². The van der Waals surface area contributed by atoms with Crippen molar-refractivity contribution in [3.8, 4) is 56.8 Å². The van der Waals surface area contributed by atoms with Crippen LogP contribution in [-0.4, -0.2) is 101 Å². The average molecular weight is 779 g/mol. The van der Waals surface area contributed by atoms with Gasteiger partial charge < -0.3 is 33.3 Å². The molecule has 0 amide bonds. The van der Waals surface area contributed by atoms with Crippen LogP contribution >= 0.6 is 0 Å². The number of nitrogens with zero attached hydrogens (tertiary/aromatic N) is 2. The molecule has 1 saturated heterocycles. The molecule has 7 rings (SSSR count). The normalized spacial score (nSPS) is 13.7. The number of hydrogen-bond acceptors (Lipinski definition) is 10. The molecule has 0 bridgehead atoms. The van der Waals surface area contributed by atoms with Gasteiger partial charge in [-0.05, 0) is 83.6 Å². The van der Waals surface area contributed by atoms with Crippen molar-refractivity contribution in [3.05, 3.63) is 82.9 Å². The van der Waals surface area contributed by atoms with Gasteiger partial charge in [0.05, 0.1) is 26.9 Å². The molecule has 0 N–H and O–H groups in total. The summed E-state index contributed by atoms with van der Waals surface area (Å²) < 4.78 is 35.3. The molecule has 0 spiro atoms. The number of ketones is 2. The second-order valence-electron chi connectivity index (χ2n) is 14.2. The second kappa shape index (κ2) is 19.9. The van der Waals surface area contributed by atoms with Crippen LogP contribution in [0.3, 0.4) is 0 Å². The quantitative estimate of drug-likeness (QED) is 0.0742. The van der Waals surface area contributed by atoms with Crippen LogP contribution in [0.15, 0.2) is 60.7 Å². The maximum Gasteiger partial charge on any atom is 0.194 e. The van der Waals surface area contributed by atoms with Crippen LogP contribution in [-0.2, 0) is 0 Å². The van der Waals surface area contributed by atoms with Crippen LogP contribution in [0.4, 0.5) is 0 Å². The molecule has 4 aromatic carbocycles. The molecule has 0 radical (unpaired) electrons. The number of carbonyl (C=O) groups excluding carboxylic acids is 2. The van der Waals surface area contributed by atoms with E-state index in [-0.39, 0.29) is 11.6 Å². The summed E-state index contributed by atoms with van der Waals surface area (Å²) in [4.78, 5) is 30.9. The predicted octanol–water partition coefficient (Wildman–Crippen LogP) is 8.98. The van der Waals surface area contributed by atoms with Gasteiger partial charge in [0.2, 0.25) is 0 Å². The number of carbonyl (C=O) groups is 2. The molecular weight excluding hydrogens is 721 g/mol. The standard InChI is InChI=1S/C25H33NO4.C22H25NO4/c1-5-9-14-29-22-17-18(28-8-4)16-20-24(22)23-19(25(20)27)11-10-12-21(23)30-15-13-26(6-2)7-3;1-3-26-15-13-17-21(19(14-15)25-2)20-16(22(17)24)7-6-8-18(20)27-12-11-23-9-4-5-10-23/h10-12,16-17H,5-9,13-15H2,1-4H3;6-8,13-14H,3-5,9-12H2,1-2H3. The Morgan fingerprint density at radius 1 is 0.579 bits per heavy atom. The lowest BCUT2D eigenvalue weighted by molar-refractivity contribution is 0.103. The molecule has 0 atom stereocenters. The van der Waals surface area contributed by atoms with Crippen LogP contribution in [0.5, 0.6) is 34.5 Å². The summed E-state index contributed by atoms with van der Waals surface area (Å²) in [5, 5.41) is 0. The molecule has 4 aromatic rings. The van der Waals surface area contributed by atoms with E-state index in [4.69, 9.17) is 28.4 Å². The summed E-state index contributed by atoms with van der Waals surface area (Å²) in [6, 6.07) is 18.7. The van der Waals surface area contributed by atoms with Crippen LogP contribution < -0.4 is 28.4 Å². The number of likely N-dealkylation sites (N-methyl/N-ethyl adjacent to an activating group) is 1. The predicted molar refractivity (Wildman–Crippen MR) is 224 cm³/mol. The van der Waals surface area contributed by atoms with Gasteiger partial charge in [-0.2, -0.15) is 0 Å². The minimum atomic E-state index is -0.00940. The van der Waals surface area contributed by atoms with E-state index in [1.165, 1.54) is 12.8 Å². The first-order valence-corrected chi connectivity index (χ1v) is 20.7. The third-order valence-electron chi connectivity index (χ3n) is 10.7. The third kappa shape index (κ3) is 9.24. The molecule has 2 aliphatic carbocycles. The summed E-state index contributed by atoms with van der Waals surface area (Å²) in [6.07, 6.45) is 4.53. The molecular formula is C47H58N2O8. The van der Waals surface area contributed by atoms with Crippen LogP contribution in [0, 0.1) is 0 Å². The van der Waals surface area contributed by atoms with Gasteiger partial charge >= 0.3 is 0 Å². The summed E-state index contributed by atoms with van der Waals surface area (Å²) in [5.41, 5.74) is 5.87. The highest BCUT2D eigenvalue weighted by Crippen LogP contribution is 2.50. The van der Waals surface area contributed by atoms with E-state index in [1.807, 2.05) is 68.4 Å². The Morgan fingerprint density at radius 3 is 1.61 bits per heavy atom. The zero-order valence-corrected chi connectivity index (χ0v) is 34.5. The zero-order valence-electron chi connectivity index (χ0n) is 34.5. The van der Waals surface area contributed by atoms with Gasteiger partial charge in [-0.1, -0.05) is 51.5 Å². The highest BCUT2D eigenvalue weighted by Gasteiger charge is 2.35. The van der Waals surface area contributed by atoms with Crippen molar-refractivity contribution in [2.45, 2.75) is 60.3 Å². The van der Waals surface area contributed by atoms with Crippen molar-refractivity contribution in [1.29, 1.82) is 0 Å². The topological polar surface area (TPSA) is 96.0 Å². The smallest absolute Gasteiger partial charge is 0.194 e. The Bertz CT molecular complexity index is 2020. The fraction of sp³-hybridized carbons (Fsp3) is 0.447. The fourth-order valence-corrected chi connectivity index (χ4v) is 7.76. The first kappa shape index (κ1) is 41.6. The molecule has 3 aliphatic rings. The number of fused-ring (bicyclic) bond motifs is 6. The van der Waals surface area contributed by atoms with Gasteiger partial charge in [0.1, 0.15) is 47.7 Å². The minimum Gasteiger partial charge on any atom is -0.496 e. The second-order valence-corrected chi connectivity index (χ2v) is 14.2. The number of benzene rings is 4. The number of unbranched alkanes of at least 4 members (excludes halogenated alkanes) is 1. The summed E-state index contributed by atoms with van der Waals surface area (Å²) in [7, 11) is 1.62. The largest absolute Gasteiger partial charge is 0.496 e. The van der Waals surface area contributed by atoms with Crippen LogP contribution in [0.2, 0.25) is 0 Å². The molecule has 10 nitrogen and oxygen atoms in total. The van der Waals surface area contributed by atoms with E-state index in [0.29, 0.717) is 78.3 Å². The average Bonchev–Trinajstić information content (AvgIpc) is 3.93. The van der Waals surface area contributed by atoms with Crippen molar-refractivity contribution in [2.75, 3.05) is 79.4 Å². The fourth-order valence-electron chi connectivity index (χ4n) is 7.76. The summed E-state index contributed by atoms with van der Waals surface area (Å²) >= 11 is 0. The van der Waals surface area contributed by atoms with E-state index in [1.54, 1.807) is 13.2 Å². The number of likely N-dealkylation sites (tertiary alicyclic amines) is 1. The zero-order chi connectivity index (χ0) is 40.3. The maximum atomic E-state index is 13.2. The van der Waals surface area contributed by atoms with E-state index < -0.39 is 0 Å². The van der Waals surface area contributed by atoms with Gasteiger partial charge in [0.25, 0.3) is 0 Å². The molecule has 0 saturated carbocycles. The monoisotopic (exact) mass is 778 g/mol. The highest BCUT2D eigenvalue weighted by atomic mass is 16.5. The molecule has 1 heterocycles. The van der Waals surface area contributed by atoms with E-state index in [9.17, 15) is 9.59 Å². The first-order valence-electron chi connectivity index (χ1n) is 20.7. The Labute approximate surface area is 338 Å². The number of hydrogen-bond donors (Lipinski definition) is 0. The number of ether oxygens (including phenoxy) is 6. The van der Waals surface area contributed by atoms with Crippen LogP contribution in [0.1, 0.15) is 92.1 Å². The Hall–Kier alpha value is -5.06. The van der Waals surface area contributed by atoms with Gasteiger partial charge in [-0.25, -0.2) is 0 Å². The summed E-state index contributed by atoms with van der Waals surface area (Å²) in [5.74, 6) is 4.09. The van der Waals surface area contributed by atoms with Crippen molar-refractivity contribution in [2.24, 2.45) is 0 Å². The lowest BCUT2D eigenvalue weighted by Gasteiger charge is -2.19. The lowest BCUT2D eigenvalue weighted by atomic mass is 10.0. The maximum absolute atomic E-state index is 13.2. The van der Waals surface area contributed by atoms with Gasteiger partial charge in [0.15, 0.2) is 11.6 Å². The molecule has 1 fully saturated rings. The first-order chi connectivity index (χ1) is 27.9. The number of rotatable bonds is 19. The van der Waals surface area contributed by atoms with Crippen molar-refractivity contribution in [1.82, 2.24) is 9.80 Å². The molecule has 10 heteroatoms. The Kier molecular flexibility index (Phi) is 14.5. The molecule has 304 valence electrons. The van der Waals surface area contributed by atoms with E-state index >= 15 is 0 Å². The van der Waals surface area contributed by atoms with Crippen LogP contribution in [0.25, 0.3) is 22.3 Å². The Balaban J connectivity index is 0.000000194. The lowest BCUT2D eigenvalue weighted by Crippen LogP contribution is -2.28. The SMILES string of the molecule is CCCCOc1cc(OCC)cc2c1-c1c(OCCN(CC)CC)cccc1C2=O.CCOc1cc(OC)c2c(c1)C(=O)c1cccc(OCCN3CCCC3)c1-2. The van der Waals surface area contributed by atoms with Gasteiger partial charge in [0, 0.05) is 69.7 Å². The molecule has 0 aromatic heterocycles. The van der Waals surface area contributed by atoms with Crippen molar-refractivity contribution < 1.29 is 38.0 Å². The Morgan fingerprint density at radius 2 is 1.09 bits per heavy atom. The van der Waals surface area contributed by atoms with Crippen molar-refractivity contribution in [3.63, 3.8) is 0 Å². The highest BCUT2D eigenvalue weighted by molar-refractivity contribution is 6.24. The van der Waals surface area contributed by atoms with Gasteiger partial charge in [-0.15, -0.1) is 0 Å². The van der Waals surface area contributed by atoms with Crippen molar-refractivity contribution >= 4 is 11.6 Å². The molecule has 57 heavy (non-hydrogen) atoms. The van der Waals surface area contributed by atoms with Gasteiger partial charge in [-0.3, -0.25) is 14.5 Å². The molecule has 0 unspecified atom stereocenters.